The van der Waals surface area contributed by atoms with Crippen LogP contribution in [-0.2, 0) is 0 Å². The third-order valence-corrected chi connectivity index (χ3v) is 3.53. The Morgan fingerprint density at radius 1 is 1.29 bits per heavy atom. The van der Waals surface area contributed by atoms with E-state index in [1.54, 1.807) is 6.07 Å². The quantitative estimate of drug-likeness (QED) is 0.896. The normalized spacial score (nSPS) is 11.9. The number of primary amides is 1. The minimum atomic E-state index is -2.88. The van der Waals surface area contributed by atoms with Crippen molar-refractivity contribution in [1.29, 1.82) is 0 Å². The van der Waals surface area contributed by atoms with E-state index < -0.39 is 26.5 Å². The molecule has 94 valence electrons. The van der Waals surface area contributed by atoms with Gasteiger partial charge in [-0.1, -0.05) is 12.1 Å². The summed E-state index contributed by atoms with van der Waals surface area (Å²) in [6, 6.07) is 4.76. The van der Waals surface area contributed by atoms with Crippen LogP contribution in [0.4, 0.5) is 4.39 Å². The van der Waals surface area contributed by atoms with Crippen LogP contribution in [0.1, 0.15) is 20.7 Å². The maximum atomic E-state index is 12.4. The number of hydrogen-bond acceptors (Lipinski definition) is 2. The Kier molecular flexibility index (Phi) is 4.62. The fraction of sp³-hybridized carbons (Fsp3) is 0.111. The first-order chi connectivity index (χ1) is 7.87. The molecular formula is C9H9Cl2FN2O2S. The van der Waals surface area contributed by atoms with E-state index in [-0.39, 0.29) is 11.1 Å². The summed E-state index contributed by atoms with van der Waals surface area (Å²) >= 11 is 0. The van der Waals surface area contributed by atoms with Gasteiger partial charge in [0.25, 0.3) is 5.91 Å². The smallest absolute Gasteiger partial charge is 0.262 e. The van der Waals surface area contributed by atoms with Gasteiger partial charge in [0.15, 0.2) is 6.01 Å². The summed E-state index contributed by atoms with van der Waals surface area (Å²) in [5, 5.41) is 0. The Morgan fingerprint density at radius 3 is 2.29 bits per heavy atom. The van der Waals surface area contributed by atoms with Gasteiger partial charge >= 0.3 is 0 Å². The van der Waals surface area contributed by atoms with Gasteiger partial charge in [-0.2, -0.15) is 0 Å². The van der Waals surface area contributed by atoms with Gasteiger partial charge in [0.1, 0.15) is 0 Å². The molecule has 0 aliphatic heterocycles. The van der Waals surface area contributed by atoms with Crippen LogP contribution in [0.3, 0.4) is 0 Å². The van der Waals surface area contributed by atoms with Crippen LogP contribution in [0, 0.1) is 0 Å². The number of carbonyl (C=O) groups excluding carboxylic acids is 2. The van der Waals surface area contributed by atoms with E-state index in [1.165, 1.54) is 18.2 Å². The zero-order valence-corrected chi connectivity index (χ0v) is 10.8. The van der Waals surface area contributed by atoms with Gasteiger partial charge < -0.3 is 5.73 Å². The molecule has 0 heterocycles. The molecule has 0 saturated heterocycles. The first-order valence-corrected chi connectivity index (χ1v) is 7.80. The summed E-state index contributed by atoms with van der Waals surface area (Å²) in [6.07, 6.45) is 0. The average molecular weight is 299 g/mol. The molecule has 1 aromatic carbocycles. The first kappa shape index (κ1) is 14.1. The van der Waals surface area contributed by atoms with Crippen LogP contribution in [0.2, 0.25) is 0 Å². The Morgan fingerprint density at radius 2 is 1.82 bits per heavy atom. The Bertz CT molecular complexity index is 456. The molecule has 0 aliphatic carbocycles. The second-order valence-electron chi connectivity index (χ2n) is 3.03. The SMILES string of the molecule is NC(=O)c1ccccc1C(=O)NS(Cl)(Cl)CF. The number of halogens is 3. The molecule has 1 aromatic rings. The Labute approximate surface area is 108 Å². The van der Waals surface area contributed by atoms with Gasteiger partial charge in [-0.25, -0.2) is 4.39 Å². The number of amides is 2. The van der Waals surface area contributed by atoms with Crippen LogP contribution in [0.25, 0.3) is 0 Å². The van der Waals surface area contributed by atoms with Crippen molar-refractivity contribution in [3.63, 3.8) is 0 Å². The van der Waals surface area contributed by atoms with Gasteiger partial charge in [0, 0.05) is 8.64 Å². The van der Waals surface area contributed by atoms with Crippen molar-refractivity contribution in [2.45, 2.75) is 0 Å². The number of nitrogens with two attached hydrogens (primary N) is 1. The average Bonchev–Trinajstić information content (AvgIpc) is 2.28. The van der Waals surface area contributed by atoms with Crippen LogP contribution in [0.15, 0.2) is 24.3 Å². The van der Waals surface area contributed by atoms with E-state index in [0.717, 1.165) is 0 Å². The lowest BCUT2D eigenvalue weighted by Gasteiger charge is -2.22. The van der Waals surface area contributed by atoms with E-state index >= 15 is 0 Å². The monoisotopic (exact) mass is 298 g/mol. The molecule has 0 saturated carbocycles. The maximum absolute atomic E-state index is 12.4. The summed E-state index contributed by atoms with van der Waals surface area (Å²) in [5.74, 6) is -1.50. The van der Waals surface area contributed by atoms with Crippen LogP contribution < -0.4 is 10.5 Å². The van der Waals surface area contributed by atoms with Gasteiger partial charge in [-0.15, -0.1) is 0 Å². The fourth-order valence-corrected chi connectivity index (χ4v) is 1.97. The topological polar surface area (TPSA) is 72.2 Å². The fourth-order valence-electron chi connectivity index (χ4n) is 1.11. The molecule has 0 unspecified atom stereocenters. The largest absolute Gasteiger partial charge is 0.366 e. The minimum Gasteiger partial charge on any atom is -0.366 e. The molecule has 2 amide bonds. The van der Waals surface area contributed by atoms with E-state index in [0.29, 0.717) is 0 Å². The number of nitrogens with one attached hydrogen (secondary N) is 1. The first-order valence-electron chi connectivity index (χ1n) is 4.34. The highest BCUT2D eigenvalue weighted by atomic mass is 36.0. The zero-order chi connectivity index (χ0) is 13.1. The predicted octanol–water partition coefficient (Wildman–Crippen LogP) is 2.47. The standard InChI is InChI=1S/C9H9Cl2FN2O2S/c10-17(11,5-12)14-9(16)7-4-2-1-3-6(7)8(13)15/h1-4H,5H2,(H2,13,15)(H,14,16). The summed E-state index contributed by atoms with van der Waals surface area (Å²) in [7, 11) is 8.16. The zero-order valence-electron chi connectivity index (χ0n) is 8.45. The maximum Gasteiger partial charge on any atom is 0.262 e. The number of alkyl halides is 1. The lowest BCUT2D eigenvalue weighted by molar-refractivity contribution is 0.0957. The summed E-state index contributed by atoms with van der Waals surface area (Å²) < 4.78 is 14.5. The molecule has 17 heavy (non-hydrogen) atoms. The predicted molar refractivity (Wildman–Crippen MR) is 67.7 cm³/mol. The molecule has 0 aliphatic rings. The van der Waals surface area contributed by atoms with E-state index in [1.807, 2.05) is 0 Å². The lowest BCUT2D eigenvalue weighted by Crippen LogP contribution is -2.26. The van der Waals surface area contributed by atoms with Crippen molar-refractivity contribution in [2.24, 2.45) is 5.73 Å². The molecule has 0 aromatic heterocycles. The van der Waals surface area contributed by atoms with Crippen molar-refractivity contribution < 1.29 is 14.0 Å². The minimum absolute atomic E-state index is 0.00613. The van der Waals surface area contributed by atoms with Gasteiger partial charge in [-0.05, 0) is 33.5 Å². The molecule has 0 spiro atoms. The Balaban J connectivity index is 3.01. The molecule has 8 heteroatoms. The van der Waals surface area contributed by atoms with Crippen molar-refractivity contribution in [3.8, 4) is 0 Å². The molecule has 0 bridgehead atoms. The highest BCUT2D eigenvalue weighted by molar-refractivity contribution is 8.64. The van der Waals surface area contributed by atoms with Crippen molar-refractivity contribution in [3.05, 3.63) is 35.4 Å². The van der Waals surface area contributed by atoms with E-state index in [2.05, 4.69) is 4.72 Å². The van der Waals surface area contributed by atoms with Crippen molar-refractivity contribution in [2.75, 3.05) is 6.01 Å². The molecule has 0 radical (unpaired) electrons. The molecule has 0 fully saturated rings. The summed E-state index contributed by atoms with van der Waals surface area (Å²) in [5.41, 5.74) is 5.12. The summed E-state index contributed by atoms with van der Waals surface area (Å²) in [4.78, 5) is 22.8. The number of carbonyl (C=O) groups is 2. The molecule has 1 rings (SSSR count). The highest BCUT2D eigenvalue weighted by Crippen LogP contribution is 2.54. The highest BCUT2D eigenvalue weighted by Gasteiger charge is 2.23. The van der Waals surface area contributed by atoms with Crippen LogP contribution in [0.5, 0.6) is 0 Å². The van der Waals surface area contributed by atoms with Gasteiger partial charge in [0.2, 0.25) is 5.91 Å². The van der Waals surface area contributed by atoms with Gasteiger partial charge in [0.05, 0.1) is 11.1 Å². The molecule has 4 nitrogen and oxygen atoms in total. The third kappa shape index (κ3) is 3.76. The lowest BCUT2D eigenvalue weighted by atomic mass is 10.1. The van der Waals surface area contributed by atoms with E-state index in [4.69, 9.17) is 27.1 Å². The number of hydrogen-bond donors (Lipinski definition) is 2. The van der Waals surface area contributed by atoms with Crippen molar-refractivity contribution >= 4 is 41.8 Å². The number of rotatable bonds is 4. The molecular weight excluding hydrogens is 290 g/mol. The van der Waals surface area contributed by atoms with Gasteiger partial charge in [-0.3, -0.25) is 14.3 Å². The Hall–Kier alpha value is -0.980. The third-order valence-electron chi connectivity index (χ3n) is 1.82. The molecule has 3 N–H and O–H groups in total. The van der Waals surface area contributed by atoms with E-state index in [9.17, 15) is 14.0 Å². The number of benzene rings is 1. The second-order valence-corrected chi connectivity index (χ2v) is 8.23. The van der Waals surface area contributed by atoms with Crippen LogP contribution in [-0.4, -0.2) is 17.8 Å². The van der Waals surface area contributed by atoms with Crippen LogP contribution >= 0.6 is 30.0 Å². The molecule has 0 atom stereocenters. The van der Waals surface area contributed by atoms with Crippen molar-refractivity contribution in [1.82, 2.24) is 4.72 Å². The summed E-state index contributed by atoms with van der Waals surface area (Å²) in [6.45, 7) is 0. The second kappa shape index (κ2) is 5.57.